The lowest BCUT2D eigenvalue weighted by atomic mass is 9.99. The molecule has 1 aliphatic rings. The summed E-state index contributed by atoms with van der Waals surface area (Å²) >= 11 is 1.51. The second kappa shape index (κ2) is 11.3. The number of fused-ring (bicyclic) bond motifs is 1. The number of benzene rings is 1. The zero-order valence-electron chi connectivity index (χ0n) is 20.9. The topological polar surface area (TPSA) is 99.5 Å². The zero-order valence-corrected chi connectivity index (χ0v) is 21.8. The van der Waals surface area contributed by atoms with Crippen LogP contribution in [0.25, 0.3) is 20.9 Å². The minimum Gasteiger partial charge on any atom is -0.496 e. The minimum atomic E-state index is -0.294. The summed E-state index contributed by atoms with van der Waals surface area (Å²) in [5.41, 5.74) is 2.65. The highest BCUT2D eigenvalue weighted by Gasteiger charge is 2.27. The second-order valence-electron chi connectivity index (χ2n) is 9.04. The third-order valence-corrected chi connectivity index (χ3v) is 8.09. The van der Waals surface area contributed by atoms with E-state index in [1.54, 1.807) is 17.9 Å². The maximum absolute atomic E-state index is 13.5. The molecule has 192 valence electrons. The Kier molecular flexibility index (Phi) is 7.70. The maximum Gasteiger partial charge on any atom is 0.259 e. The Hall–Kier alpha value is -3.45. The number of nitrogens with zero attached hydrogens (tertiary/aromatic N) is 3. The first-order valence-electron chi connectivity index (χ1n) is 12.4. The van der Waals surface area contributed by atoms with Gasteiger partial charge in [-0.25, -0.2) is 4.98 Å². The van der Waals surface area contributed by atoms with Gasteiger partial charge in [-0.2, -0.15) is 5.26 Å². The summed E-state index contributed by atoms with van der Waals surface area (Å²) < 4.78 is 26.1. The van der Waals surface area contributed by atoms with E-state index >= 15 is 0 Å². The van der Waals surface area contributed by atoms with E-state index in [9.17, 15) is 10.1 Å². The van der Waals surface area contributed by atoms with Crippen LogP contribution in [0, 0.1) is 18.3 Å². The van der Waals surface area contributed by atoms with E-state index in [4.69, 9.17) is 18.6 Å². The van der Waals surface area contributed by atoms with Crippen LogP contribution >= 0.6 is 11.3 Å². The normalized spacial score (nSPS) is 15.1. The smallest absolute Gasteiger partial charge is 0.259 e. The van der Waals surface area contributed by atoms with Gasteiger partial charge in [-0.1, -0.05) is 18.2 Å². The number of para-hydroxylation sites is 1. The highest BCUT2D eigenvalue weighted by atomic mass is 32.1. The lowest BCUT2D eigenvalue weighted by Crippen LogP contribution is -2.27. The van der Waals surface area contributed by atoms with Crippen LogP contribution in [0.15, 0.2) is 52.1 Å². The molecule has 4 aromatic rings. The van der Waals surface area contributed by atoms with Crippen molar-refractivity contribution in [3.63, 3.8) is 0 Å². The van der Waals surface area contributed by atoms with Crippen molar-refractivity contribution in [1.82, 2.24) is 9.55 Å². The molecule has 0 bridgehead atoms. The molecule has 8 nitrogen and oxygen atoms in total. The molecule has 0 amide bonds. The van der Waals surface area contributed by atoms with E-state index in [2.05, 4.69) is 11.1 Å². The first kappa shape index (κ1) is 25.2. The fourth-order valence-electron chi connectivity index (χ4n) is 4.88. The van der Waals surface area contributed by atoms with Gasteiger partial charge in [0.15, 0.2) is 0 Å². The van der Waals surface area contributed by atoms with Gasteiger partial charge in [0.05, 0.1) is 48.3 Å². The van der Waals surface area contributed by atoms with Gasteiger partial charge in [0.2, 0.25) is 5.89 Å². The third kappa shape index (κ3) is 5.18. The number of nitriles is 1. The van der Waals surface area contributed by atoms with Crippen molar-refractivity contribution in [2.24, 2.45) is 0 Å². The molecule has 0 aliphatic carbocycles. The number of rotatable bonds is 9. The fraction of sp³-hybridized carbons (Fsp3) is 0.393. The molecule has 1 atom stereocenters. The molecule has 0 unspecified atom stereocenters. The summed E-state index contributed by atoms with van der Waals surface area (Å²) in [6.45, 7) is 3.60. The molecule has 0 saturated carbocycles. The first-order chi connectivity index (χ1) is 18.1. The van der Waals surface area contributed by atoms with Gasteiger partial charge in [-0.05, 0) is 37.0 Å². The van der Waals surface area contributed by atoms with Crippen LogP contribution in [0.4, 0.5) is 0 Å². The number of pyridine rings is 1. The monoisotopic (exact) mass is 519 g/mol. The molecule has 3 aromatic heterocycles. The number of hydrogen-bond donors (Lipinski definition) is 0. The molecule has 0 spiro atoms. The lowest BCUT2D eigenvalue weighted by Gasteiger charge is -2.29. The number of aromatic nitrogens is 2. The average Bonchev–Trinajstić information content (AvgIpc) is 3.58. The summed E-state index contributed by atoms with van der Waals surface area (Å²) in [7, 11) is 1.66. The standard InChI is InChI=1S/C28H29N3O5S/c1-18-24-26(37-25(18)27-30-11-15-35-27)19(17-31(28(24)32)12-5-10-29)16-23(36-20-8-13-34-14-9-20)21-6-3-4-7-22(21)33-2/h3-4,6-7,11,15,17,20,23H,5,8-9,12-14,16H2,1-2H3/t23-/m0/s1. The molecule has 4 heterocycles. The second-order valence-corrected chi connectivity index (χ2v) is 10.1. The van der Waals surface area contributed by atoms with E-state index < -0.39 is 0 Å². The van der Waals surface area contributed by atoms with Crippen molar-refractivity contribution >= 4 is 21.4 Å². The van der Waals surface area contributed by atoms with Crippen molar-refractivity contribution in [2.45, 2.75) is 51.4 Å². The molecule has 0 N–H and O–H groups in total. The lowest BCUT2D eigenvalue weighted by molar-refractivity contribution is -0.0699. The van der Waals surface area contributed by atoms with Crippen molar-refractivity contribution in [2.75, 3.05) is 20.3 Å². The number of oxazole rings is 1. The predicted molar refractivity (Wildman–Crippen MR) is 141 cm³/mol. The molecular weight excluding hydrogens is 490 g/mol. The van der Waals surface area contributed by atoms with E-state index in [0.717, 1.165) is 44.9 Å². The summed E-state index contributed by atoms with van der Waals surface area (Å²) in [6, 6.07) is 10.1. The van der Waals surface area contributed by atoms with E-state index in [-0.39, 0.29) is 24.2 Å². The Morgan fingerprint density at radius 2 is 2.11 bits per heavy atom. The highest BCUT2D eigenvalue weighted by Crippen LogP contribution is 2.40. The Labute approximate surface area is 219 Å². The summed E-state index contributed by atoms with van der Waals surface area (Å²) in [5.74, 6) is 1.25. The number of ether oxygens (including phenoxy) is 3. The summed E-state index contributed by atoms with van der Waals surface area (Å²) in [5, 5.41) is 9.83. The van der Waals surface area contributed by atoms with E-state index in [1.165, 1.54) is 17.6 Å². The van der Waals surface area contributed by atoms with Gasteiger partial charge in [0.25, 0.3) is 5.56 Å². The van der Waals surface area contributed by atoms with Crippen LogP contribution in [-0.4, -0.2) is 36.0 Å². The average molecular weight is 520 g/mol. The van der Waals surface area contributed by atoms with Gasteiger partial charge < -0.3 is 23.2 Å². The summed E-state index contributed by atoms with van der Waals surface area (Å²) in [6.07, 6.45) is 7.22. The molecule has 9 heteroatoms. The van der Waals surface area contributed by atoms with Crippen LogP contribution in [-0.2, 0) is 22.4 Å². The fourth-order valence-corrected chi connectivity index (χ4v) is 6.13. The van der Waals surface area contributed by atoms with Crippen molar-refractivity contribution in [1.29, 1.82) is 5.26 Å². The largest absolute Gasteiger partial charge is 0.496 e. The first-order valence-corrected chi connectivity index (χ1v) is 13.2. The molecule has 0 radical (unpaired) electrons. The Balaban J connectivity index is 1.64. The Bertz CT molecular complexity index is 1460. The molecule has 37 heavy (non-hydrogen) atoms. The van der Waals surface area contributed by atoms with Gasteiger partial charge in [-0.3, -0.25) is 4.79 Å². The molecule has 1 aliphatic heterocycles. The minimum absolute atomic E-state index is 0.0663. The zero-order chi connectivity index (χ0) is 25.8. The molecule has 5 rings (SSSR count). The van der Waals surface area contributed by atoms with Gasteiger partial charge >= 0.3 is 0 Å². The van der Waals surface area contributed by atoms with Crippen LogP contribution in [0.1, 0.15) is 42.1 Å². The predicted octanol–water partition coefficient (Wildman–Crippen LogP) is 5.43. The molecular formula is C28H29N3O5S. The number of methoxy groups -OCH3 is 1. The van der Waals surface area contributed by atoms with Gasteiger partial charge in [-0.15, -0.1) is 11.3 Å². The van der Waals surface area contributed by atoms with Crippen LogP contribution in [0.2, 0.25) is 0 Å². The van der Waals surface area contributed by atoms with Crippen LogP contribution in [0.5, 0.6) is 5.75 Å². The number of aryl methyl sites for hydroxylation is 2. The quantitative estimate of drug-likeness (QED) is 0.291. The van der Waals surface area contributed by atoms with Gasteiger partial charge in [0, 0.05) is 42.6 Å². The number of hydrogen-bond acceptors (Lipinski definition) is 8. The van der Waals surface area contributed by atoms with E-state index in [1.807, 2.05) is 37.4 Å². The Morgan fingerprint density at radius 1 is 1.30 bits per heavy atom. The maximum atomic E-state index is 13.5. The SMILES string of the molecule is COc1ccccc1[C@H](Cc1cn(CCC#N)c(=O)c2c(C)c(-c3ncco3)sc12)OC1CCOCC1. The molecule has 1 fully saturated rings. The van der Waals surface area contributed by atoms with Crippen molar-refractivity contribution in [3.05, 3.63) is 70.0 Å². The number of thiophene rings is 1. The summed E-state index contributed by atoms with van der Waals surface area (Å²) in [4.78, 5) is 18.7. The molecule has 1 aromatic carbocycles. The van der Waals surface area contributed by atoms with E-state index in [0.29, 0.717) is 37.5 Å². The van der Waals surface area contributed by atoms with Crippen LogP contribution in [0.3, 0.4) is 0 Å². The third-order valence-electron chi connectivity index (χ3n) is 6.73. The van der Waals surface area contributed by atoms with Crippen molar-refractivity contribution < 1.29 is 18.6 Å². The Morgan fingerprint density at radius 3 is 2.84 bits per heavy atom. The van der Waals surface area contributed by atoms with Crippen LogP contribution < -0.4 is 10.3 Å². The van der Waals surface area contributed by atoms with Gasteiger partial charge in [0.1, 0.15) is 12.0 Å². The molecule has 1 saturated heterocycles. The van der Waals surface area contributed by atoms with Crippen molar-refractivity contribution in [3.8, 4) is 22.6 Å². The highest BCUT2D eigenvalue weighted by molar-refractivity contribution is 7.22.